The van der Waals surface area contributed by atoms with Crippen molar-refractivity contribution in [3.63, 3.8) is 0 Å². The summed E-state index contributed by atoms with van der Waals surface area (Å²) in [5, 5.41) is 8.78. The Labute approximate surface area is 74.5 Å². The van der Waals surface area contributed by atoms with Gasteiger partial charge in [-0.15, -0.1) is 0 Å². The van der Waals surface area contributed by atoms with E-state index in [1.54, 1.807) is 0 Å². The molecular formula is C9H20N2O. The molecule has 1 saturated carbocycles. The van der Waals surface area contributed by atoms with Gasteiger partial charge in [0.15, 0.2) is 0 Å². The van der Waals surface area contributed by atoms with Crippen molar-refractivity contribution in [2.45, 2.75) is 25.3 Å². The average Bonchev–Trinajstić information content (AvgIpc) is 2.51. The zero-order chi connectivity index (χ0) is 8.97. The third-order valence-electron chi connectivity index (χ3n) is 2.94. The Kier molecular flexibility index (Phi) is 3.98. The molecular weight excluding hydrogens is 152 g/mol. The van der Waals surface area contributed by atoms with Crippen LogP contribution < -0.4 is 5.73 Å². The van der Waals surface area contributed by atoms with Crippen LogP contribution in [0.4, 0.5) is 0 Å². The van der Waals surface area contributed by atoms with Gasteiger partial charge in [0.25, 0.3) is 0 Å². The molecule has 2 atom stereocenters. The molecule has 0 saturated heterocycles. The number of hydrogen-bond acceptors (Lipinski definition) is 3. The van der Waals surface area contributed by atoms with E-state index in [1.807, 2.05) is 0 Å². The largest absolute Gasteiger partial charge is 0.395 e. The molecule has 0 amide bonds. The maximum Gasteiger partial charge on any atom is 0.0558 e. The van der Waals surface area contributed by atoms with Gasteiger partial charge in [-0.2, -0.15) is 0 Å². The lowest BCUT2D eigenvalue weighted by atomic mass is 10.0. The first-order chi connectivity index (χ1) is 5.79. The standard InChI is InChI=1S/C9H20N2O/c1-11(5-6-12)9-4-2-3-8(9)7-10/h8-9,12H,2-7,10H2,1H3. The molecule has 2 unspecified atom stereocenters. The van der Waals surface area contributed by atoms with Crippen LogP contribution in [0.25, 0.3) is 0 Å². The van der Waals surface area contributed by atoms with Gasteiger partial charge in [-0.05, 0) is 32.4 Å². The molecule has 0 spiro atoms. The number of aliphatic hydroxyl groups excluding tert-OH is 1. The predicted molar refractivity (Wildman–Crippen MR) is 49.9 cm³/mol. The smallest absolute Gasteiger partial charge is 0.0558 e. The van der Waals surface area contributed by atoms with Gasteiger partial charge in [-0.25, -0.2) is 0 Å². The van der Waals surface area contributed by atoms with Crippen molar-refractivity contribution in [3.05, 3.63) is 0 Å². The maximum atomic E-state index is 8.78. The summed E-state index contributed by atoms with van der Waals surface area (Å²) in [6, 6.07) is 0.613. The molecule has 3 heteroatoms. The van der Waals surface area contributed by atoms with Gasteiger partial charge in [0.1, 0.15) is 0 Å². The van der Waals surface area contributed by atoms with E-state index in [2.05, 4.69) is 11.9 Å². The molecule has 0 aromatic rings. The normalized spacial score (nSPS) is 30.0. The van der Waals surface area contributed by atoms with Crippen LogP contribution in [-0.4, -0.2) is 42.8 Å². The summed E-state index contributed by atoms with van der Waals surface area (Å²) in [6.45, 7) is 1.83. The van der Waals surface area contributed by atoms with E-state index in [4.69, 9.17) is 10.8 Å². The summed E-state index contributed by atoms with van der Waals surface area (Å²) in [6.07, 6.45) is 3.80. The minimum atomic E-state index is 0.254. The molecule has 0 aromatic carbocycles. The fraction of sp³-hybridized carbons (Fsp3) is 1.00. The molecule has 12 heavy (non-hydrogen) atoms. The molecule has 3 N–H and O–H groups in total. The number of aliphatic hydroxyl groups is 1. The topological polar surface area (TPSA) is 49.5 Å². The lowest BCUT2D eigenvalue weighted by molar-refractivity contribution is 0.156. The highest BCUT2D eigenvalue weighted by Crippen LogP contribution is 2.28. The molecule has 3 nitrogen and oxygen atoms in total. The third kappa shape index (κ3) is 2.19. The summed E-state index contributed by atoms with van der Waals surface area (Å²) >= 11 is 0. The van der Waals surface area contributed by atoms with Gasteiger partial charge in [0, 0.05) is 12.6 Å². The zero-order valence-corrected chi connectivity index (χ0v) is 7.87. The van der Waals surface area contributed by atoms with Crippen molar-refractivity contribution < 1.29 is 5.11 Å². The molecule has 0 heterocycles. The van der Waals surface area contributed by atoms with E-state index >= 15 is 0 Å². The lowest BCUT2D eigenvalue weighted by Gasteiger charge is -2.28. The van der Waals surface area contributed by atoms with Crippen molar-refractivity contribution >= 4 is 0 Å². The Morgan fingerprint density at radius 3 is 2.83 bits per heavy atom. The van der Waals surface area contributed by atoms with Crippen LogP contribution in [-0.2, 0) is 0 Å². The summed E-state index contributed by atoms with van der Waals surface area (Å²) < 4.78 is 0. The second-order valence-corrected chi connectivity index (χ2v) is 3.70. The fourth-order valence-electron chi connectivity index (χ4n) is 2.20. The first-order valence-corrected chi connectivity index (χ1v) is 4.80. The van der Waals surface area contributed by atoms with Crippen LogP contribution >= 0.6 is 0 Å². The summed E-state index contributed by atoms with van der Waals surface area (Å²) in [5.41, 5.74) is 5.67. The van der Waals surface area contributed by atoms with E-state index in [0.29, 0.717) is 12.0 Å². The molecule has 0 aromatic heterocycles. The van der Waals surface area contributed by atoms with Gasteiger partial charge in [-0.1, -0.05) is 6.42 Å². The Morgan fingerprint density at radius 1 is 1.50 bits per heavy atom. The molecule has 1 rings (SSSR count). The SMILES string of the molecule is CN(CCO)C1CCCC1CN. The Bertz CT molecular complexity index is 130. The Morgan fingerprint density at radius 2 is 2.25 bits per heavy atom. The van der Waals surface area contributed by atoms with Crippen LogP contribution in [0.3, 0.4) is 0 Å². The third-order valence-corrected chi connectivity index (χ3v) is 2.94. The highest BCUT2D eigenvalue weighted by molar-refractivity contribution is 4.84. The highest BCUT2D eigenvalue weighted by Gasteiger charge is 2.28. The van der Waals surface area contributed by atoms with Crippen LogP contribution in [0.1, 0.15) is 19.3 Å². The maximum absolute atomic E-state index is 8.78. The number of nitrogens with two attached hydrogens (primary N) is 1. The minimum Gasteiger partial charge on any atom is -0.395 e. The first-order valence-electron chi connectivity index (χ1n) is 4.80. The second-order valence-electron chi connectivity index (χ2n) is 3.70. The minimum absolute atomic E-state index is 0.254. The summed E-state index contributed by atoms with van der Waals surface area (Å²) in [7, 11) is 2.08. The number of likely N-dealkylation sites (N-methyl/N-ethyl adjacent to an activating group) is 1. The van der Waals surface area contributed by atoms with E-state index in [9.17, 15) is 0 Å². The molecule has 1 aliphatic rings. The van der Waals surface area contributed by atoms with Crippen molar-refractivity contribution in [3.8, 4) is 0 Å². The Hall–Kier alpha value is -0.120. The van der Waals surface area contributed by atoms with Gasteiger partial charge in [0.2, 0.25) is 0 Å². The van der Waals surface area contributed by atoms with Crippen LogP contribution in [0.5, 0.6) is 0 Å². The van der Waals surface area contributed by atoms with Crippen molar-refractivity contribution in [2.75, 3.05) is 26.7 Å². The first kappa shape index (κ1) is 9.96. The zero-order valence-electron chi connectivity index (χ0n) is 7.87. The summed E-state index contributed by atoms with van der Waals surface area (Å²) in [5.74, 6) is 0.654. The van der Waals surface area contributed by atoms with E-state index < -0.39 is 0 Å². The van der Waals surface area contributed by atoms with Gasteiger partial charge < -0.3 is 15.7 Å². The molecule has 72 valence electrons. The monoisotopic (exact) mass is 172 g/mol. The van der Waals surface area contributed by atoms with E-state index in [1.165, 1.54) is 19.3 Å². The molecule has 1 aliphatic carbocycles. The molecule has 0 bridgehead atoms. The average molecular weight is 172 g/mol. The van der Waals surface area contributed by atoms with Crippen molar-refractivity contribution in [1.29, 1.82) is 0 Å². The van der Waals surface area contributed by atoms with Gasteiger partial charge in [0.05, 0.1) is 6.61 Å². The fourth-order valence-corrected chi connectivity index (χ4v) is 2.20. The lowest BCUT2D eigenvalue weighted by Crippen LogP contribution is -2.39. The van der Waals surface area contributed by atoms with E-state index in [-0.39, 0.29) is 6.61 Å². The molecule has 0 radical (unpaired) electrons. The summed E-state index contributed by atoms with van der Waals surface area (Å²) in [4.78, 5) is 2.24. The highest BCUT2D eigenvalue weighted by atomic mass is 16.3. The number of nitrogens with zero attached hydrogens (tertiary/aromatic N) is 1. The number of rotatable bonds is 4. The van der Waals surface area contributed by atoms with Crippen LogP contribution in [0.15, 0.2) is 0 Å². The quantitative estimate of drug-likeness (QED) is 0.629. The van der Waals surface area contributed by atoms with Crippen molar-refractivity contribution in [2.24, 2.45) is 11.7 Å². The van der Waals surface area contributed by atoms with Crippen molar-refractivity contribution in [1.82, 2.24) is 4.90 Å². The van der Waals surface area contributed by atoms with Gasteiger partial charge >= 0.3 is 0 Å². The molecule has 0 aliphatic heterocycles. The second kappa shape index (κ2) is 4.80. The van der Waals surface area contributed by atoms with Crippen LogP contribution in [0, 0.1) is 5.92 Å². The Balaban J connectivity index is 2.38. The number of hydrogen-bond donors (Lipinski definition) is 2. The van der Waals surface area contributed by atoms with Crippen LogP contribution in [0.2, 0.25) is 0 Å². The molecule has 1 fully saturated rings. The predicted octanol–water partition coefficient (Wildman–Crippen LogP) is 0.0379. The van der Waals surface area contributed by atoms with Gasteiger partial charge in [-0.3, -0.25) is 0 Å². The van der Waals surface area contributed by atoms with E-state index in [0.717, 1.165) is 13.1 Å².